The summed E-state index contributed by atoms with van der Waals surface area (Å²) in [7, 11) is 1.69. The first-order valence-electron chi connectivity index (χ1n) is 7.28. The molecule has 1 saturated carbocycles. The molecule has 1 aromatic carbocycles. The number of hydrogen-bond donors (Lipinski definition) is 1. The van der Waals surface area contributed by atoms with Gasteiger partial charge in [-0.25, -0.2) is 4.98 Å². The van der Waals surface area contributed by atoms with Crippen molar-refractivity contribution in [3.05, 3.63) is 53.2 Å². The molecule has 0 aliphatic heterocycles. The fourth-order valence-corrected chi connectivity index (χ4v) is 2.73. The lowest BCUT2D eigenvalue weighted by atomic mass is 9.80. The zero-order valence-electron chi connectivity index (χ0n) is 12.9. The Balaban J connectivity index is 0.000000211. The molecule has 0 radical (unpaired) electrons. The van der Waals surface area contributed by atoms with Crippen LogP contribution in [0, 0.1) is 0 Å². The third kappa shape index (κ3) is 4.82. The maximum Gasteiger partial charge on any atom is 0.216 e. The Morgan fingerprint density at radius 2 is 2.00 bits per heavy atom. The lowest BCUT2D eigenvalue weighted by Gasteiger charge is -2.27. The average Bonchev–Trinajstić information content (AvgIpc) is 2.48. The molecule has 1 aliphatic rings. The van der Waals surface area contributed by atoms with Gasteiger partial charge in [-0.3, -0.25) is 0 Å². The van der Waals surface area contributed by atoms with Gasteiger partial charge < -0.3 is 9.46 Å². The number of anilines is 1. The van der Waals surface area contributed by atoms with Crippen molar-refractivity contribution >= 4 is 29.2 Å². The smallest absolute Gasteiger partial charge is 0.216 e. The van der Waals surface area contributed by atoms with Gasteiger partial charge in [-0.2, -0.15) is 0 Å². The highest BCUT2D eigenvalue weighted by atomic mass is 35.5. The standard InChI is InChI=1S/C11H16N2OS.C6H5Cl/c1-14-11-10(8-4-3-5-8)6-9(7-12-11)13-15-2;7-6-4-2-1-3-5-6/h6-8,13H,3-5H2,1-2H3;1-5H. The molecule has 118 valence electrons. The molecule has 2 aromatic rings. The zero-order valence-corrected chi connectivity index (χ0v) is 14.5. The molecule has 3 rings (SSSR count). The highest BCUT2D eigenvalue weighted by molar-refractivity contribution is 7.99. The van der Waals surface area contributed by atoms with Crippen LogP contribution < -0.4 is 9.46 Å². The van der Waals surface area contributed by atoms with Crippen LogP contribution in [0.4, 0.5) is 5.69 Å². The molecule has 0 amide bonds. The summed E-state index contributed by atoms with van der Waals surface area (Å²) in [6.45, 7) is 0. The van der Waals surface area contributed by atoms with Crippen molar-refractivity contribution in [1.29, 1.82) is 0 Å². The Hall–Kier alpha value is -1.39. The minimum atomic E-state index is 0.649. The molecule has 0 spiro atoms. The maximum atomic E-state index is 5.54. The number of rotatable bonds is 4. The molecule has 1 heterocycles. The molecule has 0 saturated heterocycles. The van der Waals surface area contributed by atoms with Crippen molar-refractivity contribution in [2.24, 2.45) is 0 Å². The Kier molecular flexibility index (Phi) is 6.87. The van der Waals surface area contributed by atoms with Crippen LogP contribution in [0.25, 0.3) is 0 Å². The lowest BCUT2D eigenvalue weighted by Crippen LogP contribution is -2.11. The highest BCUT2D eigenvalue weighted by Gasteiger charge is 2.23. The summed E-state index contributed by atoms with van der Waals surface area (Å²) in [4.78, 5) is 4.32. The van der Waals surface area contributed by atoms with Crippen molar-refractivity contribution < 1.29 is 4.74 Å². The molecule has 22 heavy (non-hydrogen) atoms. The summed E-state index contributed by atoms with van der Waals surface area (Å²) >= 11 is 7.12. The van der Waals surface area contributed by atoms with E-state index >= 15 is 0 Å². The molecule has 3 nitrogen and oxygen atoms in total. The van der Waals surface area contributed by atoms with Gasteiger partial charge in [0, 0.05) is 16.8 Å². The van der Waals surface area contributed by atoms with Crippen LogP contribution in [-0.2, 0) is 0 Å². The first-order chi connectivity index (χ1) is 10.7. The molecular formula is C17H21ClN2OS. The summed E-state index contributed by atoms with van der Waals surface area (Å²) in [6, 6.07) is 11.6. The molecule has 5 heteroatoms. The largest absolute Gasteiger partial charge is 0.481 e. The monoisotopic (exact) mass is 336 g/mol. The number of nitrogens with zero attached hydrogens (tertiary/aromatic N) is 1. The molecule has 0 atom stereocenters. The fraction of sp³-hybridized carbons (Fsp3) is 0.353. The Labute approximate surface area is 141 Å². The van der Waals surface area contributed by atoms with Gasteiger partial charge in [-0.05, 0) is 37.0 Å². The lowest BCUT2D eigenvalue weighted by molar-refractivity contribution is 0.362. The SMILES string of the molecule is COc1ncc(NSC)cc1C1CCC1.Clc1ccccc1. The zero-order chi connectivity index (χ0) is 15.8. The highest BCUT2D eigenvalue weighted by Crippen LogP contribution is 2.40. The Morgan fingerprint density at radius 3 is 2.45 bits per heavy atom. The number of ether oxygens (including phenoxy) is 1. The Morgan fingerprint density at radius 1 is 1.27 bits per heavy atom. The van der Waals surface area contributed by atoms with Crippen LogP contribution in [0.15, 0.2) is 42.6 Å². The summed E-state index contributed by atoms with van der Waals surface area (Å²) in [5.41, 5.74) is 2.31. The van der Waals surface area contributed by atoms with E-state index in [4.69, 9.17) is 16.3 Å². The van der Waals surface area contributed by atoms with Crippen LogP contribution >= 0.6 is 23.5 Å². The van der Waals surface area contributed by atoms with Crippen molar-refractivity contribution in [3.63, 3.8) is 0 Å². The van der Waals surface area contributed by atoms with Gasteiger partial charge in [-0.15, -0.1) is 0 Å². The third-order valence-corrected chi connectivity index (χ3v) is 4.26. The van der Waals surface area contributed by atoms with Gasteiger partial charge in [0.25, 0.3) is 0 Å². The molecule has 1 N–H and O–H groups in total. The molecular weight excluding hydrogens is 316 g/mol. The van der Waals surface area contributed by atoms with Gasteiger partial charge in [0.15, 0.2) is 0 Å². The summed E-state index contributed by atoms with van der Waals surface area (Å²) in [5, 5.41) is 0.794. The Bertz CT molecular complexity index is 576. The van der Waals surface area contributed by atoms with E-state index in [9.17, 15) is 0 Å². The van der Waals surface area contributed by atoms with Crippen LogP contribution in [0.5, 0.6) is 5.88 Å². The van der Waals surface area contributed by atoms with Gasteiger partial charge in [0.1, 0.15) is 0 Å². The average molecular weight is 337 g/mol. The molecule has 1 aliphatic carbocycles. The van der Waals surface area contributed by atoms with E-state index in [0.29, 0.717) is 5.92 Å². The van der Waals surface area contributed by atoms with E-state index in [0.717, 1.165) is 16.6 Å². The second-order valence-corrected chi connectivity index (χ2v) is 6.10. The van der Waals surface area contributed by atoms with Crippen LogP contribution in [0.2, 0.25) is 5.02 Å². The van der Waals surface area contributed by atoms with E-state index in [1.807, 2.05) is 42.8 Å². The number of halogens is 1. The quantitative estimate of drug-likeness (QED) is 0.759. The number of methoxy groups -OCH3 is 1. The topological polar surface area (TPSA) is 34.1 Å². The van der Waals surface area contributed by atoms with E-state index in [1.54, 1.807) is 19.1 Å². The molecule has 0 unspecified atom stereocenters. The fourth-order valence-electron chi connectivity index (χ4n) is 2.24. The first kappa shape index (κ1) is 17.0. The number of benzene rings is 1. The number of hydrogen-bond acceptors (Lipinski definition) is 4. The minimum absolute atomic E-state index is 0.649. The molecule has 1 aromatic heterocycles. The van der Waals surface area contributed by atoms with E-state index in [2.05, 4.69) is 15.8 Å². The van der Waals surface area contributed by atoms with E-state index in [-0.39, 0.29) is 0 Å². The van der Waals surface area contributed by atoms with Crippen LogP contribution in [0.3, 0.4) is 0 Å². The summed E-state index contributed by atoms with van der Waals surface area (Å²) in [6.07, 6.45) is 7.68. The van der Waals surface area contributed by atoms with Gasteiger partial charge >= 0.3 is 0 Å². The molecule has 0 bridgehead atoms. The minimum Gasteiger partial charge on any atom is -0.481 e. The predicted octanol–water partition coefficient (Wildman–Crippen LogP) is 5.39. The predicted molar refractivity (Wildman–Crippen MR) is 96.0 cm³/mol. The number of nitrogens with one attached hydrogen (secondary N) is 1. The van der Waals surface area contributed by atoms with Gasteiger partial charge in [0.2, 0.25) is 5.88 Å². The second kappa shape index (κ2) is 8.91. The van der Waals surface area contributed by atoms with Crippen molar-refractivity contribution in [2.75, 3.05) is 18.1 Å². The third-order valence-electron chi connectivity index (χ3n) is 3.57. The number of pyridine rings is 1. The maximum absolute atomic E-state index is 5.54. The van der Waals surface area contributed by atoms with Gasteiger partial charge in [0.05, 0.1) is 19.0 Å². The van der Waals surface area contributed by atoms with Crippen LogP contribution in [0.1, 0.15) is 30.7 Å². The molecule has 1 fully saturated rings. The van der Waals surface area contributed by atoms with E-state index < -0.39 is 0 Å². The summed E-state index contributed by atoms with van der Waals surface area (Å²) < 4.78 is 8.49. The second-order valence-electron chi connectivity index (χ2n) is 5.05. The normalized spacial score (nSPS) is 13.6. The number of aromatic nitrogens is 1. The summed E-state index contributed by atoms with van der Waals surface area (Å²) in [5.74, 6) is 1.43. The van der Waals surface area contributed by atoms with Crippen LogP contribution in [-0.4, -0.2) is 18.3 Å². The van der Waals surface area contributed by atoms with E-state index in [1.165, 1.54) is 24.8 Å². The van der Waals surface area contributed by atoms with Gasteiger partial charge in [-0.1, -0.05) is 48.2 Å². The first-order valence-corrected chi connectivity index (χ1v) is 8.88. The van der Waals surface area contributed by atoms with Crippen molar-refractivity contribution in [1.82, 2.24) is 4.98 Å². The van der Waals surface area contributed by atoms with Crippen molar-refractivity contribution in [2.45, 2.75) is 25.2 Å². The van der Waals surface area contributed by atoms with Crippen molar-refractivity contribution in [3.8, 4) is 5.88 Å².